The summed E-state index contributed by atoms with van der Waals surface area (Å²) in [6.07, 6.45) is 0. The third-order valence-electron chi connectivity index (χ3n) is 15.1. The predicted molar refractivity (Wildman–Crippen MR) is 316 cm³/mol. The van der Waals surface area contributed by atoms with Crippen LogP contribution in [0.4, 0.5) is 0 Å². The van der Waals surface area contributed by atoms with E-state index in [-0.39, 0.29) is 0 Å². The van der Waals surface area contributed by atoms with E-state index in [0.717, 1.165) is 72.3 Å². The van der Waals surface area contributed by atoms with Gasteiger partial charge in [-0.25, -0.2) is 9.97 Å². The summed E-state index contributed by atoms with van der Waals surface area (Å²) < 4.78 is 4.67. The summed E-state index contributed by atoms with van der Waals surface area (Å²) >= 11 is 0. The minimum Gasteiger partial charge on any atom is -0.309 e. The lowest BCUT2D eigenvalue weighted by atomic mass is 9.94. The zero-order valence-corrected chi connectivity index (χ0v) is 42.0. The maximum atomic E-state index is 5.69. The van der Waals surface area contributed by atoms with Gasteiger partial charge in [-0.15, -0.1) is 0 Å². The molecule has 0 bridgehead atoms. The number of aromatic nitrogens is 4. The Labute approximate surface area is 436 Å². The highest BCUT2D eigenvalue weighted by atomic mass is 28.3. The Morgan fingerprint density at radius 1 is 0.240 bits per heavy atom. The summed E-state index contributed by atoms with van der Waals surface area (Å²) in [4.78, 5) is 11.4. The highest BCUT2D eigenvalue weighted by Crippen LogP contribution is 2.39. The molecule has 3 aromatic heterocycles. The van der Waals surface area contributed by atoms with E-state index < -0.39 is 8.07 Å². The highest BCUT2D eigenvalue weighted by Gasteiger charge is 2.41. The monoisotopic (exact) mass is 972 g/mol. The molecule has 0 aliphatic heterocycles. The smallest absolute Gasteiger partial charge is 0.235 e. The molecule has 0 N–H and O–H groups in total. The van der Waals surface area contributed by atoms with Crippen molar-refractivity contribution in [2.45, 2.75) is 0 Å². The molecule has 0 aliphatic carbocycles. The number of rotatable bonds is 10. The fraction of sp³-hybridized carbons (Fsp3) is 0. The minimum atomic E-state index is -2.88. The Morgan fingerprint density at radius 2 is 0.627 bits per heavy atom. The van der Waals surface area contributed by atoms with Gasteiger partial charge in [0.2, 0.25) is 5.95 Å². The van der Waals surface area contributed by atoms with E-state index in [2.05, 4.69) is 300 Å². The van der Waals surface area contributed by atoms with E-state index in [0.29, 0.717) is 5.95 Å². The Hall–Kier alpha value is -9.68. The van der Waals surface area contributed by atoms with Crippen molar-refractivity contribution in [3.05, 3.63) is 291 Å². The van der Waals surface area contributed by atoms with Crippen molar-refractivity contribution in [2.24, 2.45) is 0 Å². The van der Waals surface area contributed by atoms with E-state index in [4.69, 9.17) is 9.97 Å². The van der Waals surface area contributed by atoms with E-state index in [1.54, 1.807) is 0 Å². The van der Waals surface area contributed by atoms with Gasteiger partial charge in [0.1, 0.15) is 0 Å². The van der Waals surface area contributed by atoms with Crippen LogP contribution in [0.2, 0.25) is 0 Å². The Morgan fingerprint density at radius 3 is 1.15 bits per heavy atom. The fourth-order valence-corrected chi connectivity index (χ4v) is 16.5. The first-order valence-electron chi connectivity index (χ1n) is 25.6. The summed E-state index contributed by atoms with van der Waals surface area (Å²) in [6, 6.07) is 106. The van der Waals surface area contributed by atoms with Gasteiger partial charge in [-0.3, -0.25) is 4.57 Å². The second-order valence-corrected chi connectivity index (χ2v) is 23.1. The molecule has 3 heterocycles. The first-order chi connectivity index (χ1) is 37.2. The van der Waals surface area contributed by atoms with E-state index >= 15 is 0 Å². The van der Waals surface area contributed by atoms with Gasteiger partial charge in [0, 0.05) is 38.4 Å². The lowest BCUT2D eigenvalue weighted by Crippen LogP contribution is -2.74. The maximum absolute atomic E-state index is 5.69. The number of benzene rings is 11. The zero-order chi connectivity index (χ0) is 49.7. The van der Waals surface area contributed by atoms with Crippen molar-refractivity contribution in [3.8, 4) is 56.4 Å². The van der Waals surface area contributed by atoms with Crippen LogP contribution < -0.4 is 20.7 Å². The molecule has 14 aromatic rings. The van der Waals surface area contributed by atoms with Crippen LogP contribution in [-0.2, 0) is 0 Å². The Bertz CT molecular complexity index is 4190. The van der Waals surface area contributed by atoms with Gasteiger partial charge in [-0.2, -0.15) is 0 Å². The second-order valence-electron chi connectivity index (χ2n) is 19.3. The third-order valence-corrected chi connectivity index (χ3v) is 19.8. The molecular weight excluding hydrogens is 925 g/mol. The fourth-order valence-electron chi connectivity index (χ4n) is 11.7. The van der Waals surface area contributed by atoms with Crippen LogP contribution in [-0.4, -0.2) is 27.2 Å². The molecule has 5 heteroatoms. The van der Waals surface area contributed by atoms with Crippen molar-refractivity contribution in [2.75, 3.05) is 0 Å². The number of hydrogen-bond acceptors (Lipinski definition) is 2. The number of para-hydroxylation sites is 3. The summed E-state index contributed by atoms with van der Waals surface area (Å²) in [5.41, 5.74) is 13.8. The van der Waals surface area contributed by atoms with Crippen LogP contribution in [0.5, 0.6) is 0 Å². The molecule has 0 aliphatic rings. The Balaban J connectivity index is 1.03. The van der Waals surface area contributed by atoms with Gasteiger partial charge in [-0.05, 0) is 104 Å². The molecule has 11 aromatic carbocycles. The van der Waals surface area contributed by atoms with Crippen molar-refractivity contribution in [1.82, 2.24) is 19.1 Å². The second kappa shape index (κ2) is 18.4. The summed E-state index contributed by atoms with van der Waals surface area (Å²) in [7, 11) is -2.88. The molecule has 0 amide bonds. The van der Waals surface area contributed by atoms with Gasteiger partial charge in [-0.1, -0.05) is 231 Å². The molecule has 0 atom stereocenters. The average Bonchev–Trinajstić information content (AvgIpc) is 4.04. The summed E-state index contributed by atoms with van der Waals surface area (Å²) in [5, 5.41) is 9.97. The molecular formula is C70H48N4Si. The lowest BCUT2D eigenvalue weighted by Gasteiger charge is -2.34. The topological polar surface area (TPSA) is 35.6 Å². The molecule has 0 fully saturated rings. The van der Waals surface area contributed by atoms with E-state index in [9.17, 15) is 0 Å². The molecule has 4 nitrogen and oxygen atoms in total. The largest absolute Gasteiger partial charge is 0.309 e. The standard InChI is InChI=1S/C70H48N4Si/c1-6-23-49(24-7-1)52-43-53(50-25-8-2-9-26-50)45-54(44-52)65-48-64(51-27-22-34-59(46-51)75(56-28-10-3-11-29-56,57-30-12-4-13-31-57)58-32-14-5-15-33-58)71-70(72-65)74-68-40-21-18-37-62(68)63-47-55(41-42-69(63)74)73-66-38-19-16-35-60(66)61-36-17-20-39-67(61)73/h1-48H. The van der Waals surface area contributed by atoms with Crippen molar-refractivity contribution >= 4 is 72.4 Å². The van der Waals surface area contributed by atoms with Crippen molar-refractivity contribution in [1.29, 1.82) is 0 Å². The molecule has 0 saturated heterocycles. The van der Waals surface area contributed by atoms with Crippen LogP contribution in [0.1, 0.15) is 0 Å². The molecule has 0 radical (unpaired) electrons. The average molecular weight is 973 g/mol. The normalized spacial score (nSPS) is 11.7. The maximum Gasteiger partial charge on any atom is 0.235 e. The third kappa shape index (κ3) is 7.51. The Kier molecular flexibility index (Phi) is 10.8. The molecule has 75 heavy (non-hydrogen) atoms. The molecule has 0 unspecified atom stereocenters. The zero-order valence-electron chi connectivity index (χ0n) is 41.0. The van der Waals surface area contributed by atoms with Gasteiger partial charge in [0.25, 0.3) is 0 Å². The van der Waals surface area contributed by atoms with Gasteiger partial charge in [0.15, 0.2) is 8.07 Å². The molecule has 0 spiro atoms. The SMILES string of the molecule is c1ccc(-c2cc(-c3ccccc3)cc(-c3cc(-c4cccc([Si](c5ccccc5)(c5ccccc5)c5ccccc5)c4)nc(-n4c5ccccc5c5cc(-n6c7ccccc7c7ccccc76)ccc54)n3)c2)cc1. The number of fused-ring (bicyclic) bond motifs is 6. The van der Waals surface area contributed by atoms with Crippen LogP contribution in [0.15, 0.2) is 291 Å². The van der Waals surface area contributed by atoms with E-state index in [1.807, 2.05) is 0 Å². The van der Waals surface area contributed by atoms with Gasteiger partial charge < -0.3 is 4.57 Å². The minimum absolute atomic E-state index is 0.604. The first kappa shape index (κ1) is 44.1. The first-order valence-corrected chi connectivity index (χ1v) is 27.6. The molecule has 14 rings (SSSR count). The summed E-state index contributed by atoms with van der Waals surface area (Å²) in [5.74, 6) is 0.604. The highest BCUT2D eigenvalue weighted by molar-refractivity contribution is 7.19. The number of hydrogen-bond donors (Lipinski definition) is 0. The predicted octanol–water partition coefficient (Wildman–Crippen LogP) is 14.7. The molecule has 0 saturated carbocycles. The van der Waals surface area contributed by atoms with Crippen molar-refractivity contribution < 1.29 is 0 Å². The number of nitrogens with zero attached hydrogens (tertiary/aromatic N) is 4. The van der Waals surface area contributed by atoms with Crippen LogP contribution in [0, 0.1) is 0 Å². The van der Waals surface area contributed by atoms with Crippen LogP contribution in [0.3, 0.4) is 0 Å². The van der Waals surface area contributed by atoms with Crippen LogP contribution >= 0.6 is 0 Å². The lowest BCUT2D eigenvalue weighted by molar-refractivity contribution is 0.995. The molecule has 352 valence electrons. The van der Waals surface area contributed by atoms with Crippen LogP contribution in [0.25, 0.3) is 100 Å². The quantitative estimate of drug-likeness (QED) is 0.101. The van der Waals surface area contributed by atoms with Gasteiger partial charge in [0.05, 0.1) is 33.5 Å². The van der Waals surface area contributed by atoms with Crippen molar-refractivity contribution in [3.63, 3.8) is 0 Å². The van der Waals surface area contributed by atoms with Gasteiger partial charge >= 0.3 is 0 Å². The summed E-state index contributed by atoms with van der Waals surface area (Å²) in [6.45, 7) is 0. The van der Waals surface area contributed by atoms with E-state index in [1.165, 1.54) is 42.6 Å².